The van der Waals surface area contributed by atoms with Gasteiger partial charge in [0.1, 0.15) is 11.5 Å². The summed E-state index contributed by atoms with van der Waals surface area (Å²) in [6, 6.07) is 0. The maximum absolute atomic E-state index is 12.8. The number of carbonyl (C=O) groups excluding carboxylic acids is 1. The van der Waals surface area contributed by atoms with Crippen LogP contribution in [0.1, 0.15) is 59.8 Å². The minimum absolute atomic E-state index is 0.0144. The van der Waals surface area contributed by atoms with Crippen LogP contribution < -0.4 is 0 Å². The fourth-order valence-corrected chi connectivity index (χ4v) is 4.69. The van der Waals surface area contributed by atoms with Gasteiger partial charge < -0.3 is 9.84 Å². The number of allylic oxidation sites excluding steroid dienone is 3. The molecule has 0 amide bonds. The van der Waals surface area contributed by atoms with Crippen LogP contribution in [0.15, 0.2) is 34.4 Å². The summed E-state index contributed by atoms with van der Waals surface area (Å²) in [5.41, 5.74) is 4.24. The van der Waals surface area contributed by atoms with Crippen LogP contribution in [0.2, 0.25) is 0 Å². The lowest BCUT2D eigenvalue weighted by Crippen LogP contribution is -2.41. The second-order valence-electron chi connectivity index (χ2n) is 7.74. The van der Waals surface area contributed by atoms with Gasteiger partial charge in [-0.15, -0.1) is 0 Å². The average Bonchev–Trinajstić information content (AvgIpc) is 2.97. The van der Waals surface area contributed by atoms with Crippen LogP contribution in [-0.2, 0) is 9.53 Å². The van der Waals surface area contributed by atoms with E-state index in [0.717, 1.165) is 31.3 Å². The molecule has 2 bridgehead atoms. The number of aliphatic hydroxyl groups is 1. The number of hydrogen-bond donors (Lipinski definition) is 1. The van der Waals surface area contributed by atoms with Crippen molar-refractivity contribution >= 4 is 5.97 Å². The minimum atomic E-state index is -0.775. The third kappa shape index (κ3) is 2.59. The summed E-state index contributed by atoms with van der Waals surface area (Å²) in [5, 5.41) is 11.0. The summed E-state index contributed by atoms with van der Waals surface area (Å²) in [7, 11) is 0. The van der Waals surface area contributed by atoms with E-state index in [0.29, 0.717) is 6.42 Å². The largest absolute Gasteiger partial charge is 0.461 e. The van der Waals surface area contributed by atoms with Gasteiger partial charge >= 0.3 is 5.97 Å². The van der Waals surface area contributed by atoms with Crippen LogP contribution in [-0.4, -0.2) is 23.3 Å². The lowest BCUT2D eigenvalue weighted by molar-refractivity contribution is -0.152. The van der Waals surface area contributed by atoms with E-state index in [2.05, 4.69) is 26.8 Å². The van der Waals surface area contributed by atoms with E-state index in [1.165, 1.54) is 16.7 Å². The zero-order chi connectivity index (χ0) is 16.8. The van der Waals surface area contributed by atoms with Crippen LogP contribution in [0.5, 0.6) is 0 Å². The molecule has 3 nitrogen and oxygen atoms in total. The monoisotopic (exact) mass is 316 g/mol. The van der Waals surface area contributed by atoms with Gasteiger partial charge in [0.05, 0.1) is 6.10 Å². The first-order valence-corrected chi connectivity index (χ1v) is 8.74. The van der Waals surface area contributed by atoms with Gasteiger partial charge in [0.15, 0.2) is 0 Å². The number of carbonyl (C=O) groups is 1. The molecule has 0 aromatic rings. The Labute approximate surface area is 139 Å². The maximum atomic E-state index is 12.8. The molecule has 0 aromatic carbocycles. The predicted molar refractivity (Wildman–Crippen MR) is 90.8 cm³/mol. The van der Waals surface area contributed by atoms with Crippen molar-refractivity contribution in [2.24, 2.45) is 11.3 Å². The van der Waals surface area contributed by atoms with Gasteiger partial charge in [-0.1, -0.05) is 34.4 Å². The van der Waals surface area contributed by atoms with Crippen LogP contribution in [0, 0.1) is 11.3 Å². The Morgan fingerprint density at radius 3 is 2.70 bits per heavy atom. The first-order valence-electron chi connectivity index (χ1n) is 8.74. The van der Waals surface area contributed by atoms with Crippen LogP contribution in [0.3, 0.4) is 0 Å². The van der Waals surface area contributed by atoms with Gasteiger partial charge in [0.2, 0.25) is 0 Å². The molecule has 1 aliphatic heterocycles. The molecule has 0 radical (unpaired) electrons. The number of esters is 1. The Morgan fingerprint density at radius 2 is 2.00 bits per heavy atom. The molecule has 3 heteroatoms. The number of rotatable bonds is 0. The average molecular weight is 316 g/mol. The lowest BCUT2D eigenvalue weighted by atomic mass is 9.70. The number of ether oxygens (including phenoxy) is 1. The van der Waals surface area contributed by atoms with E-state index in [1.807, 2.05) is 13.0 Å². The van der Waals surface area contributed by atoms with E-state index in [9.17, 15) is 9.90 Å². The topological polar surface area (TPSA) is 46.5 Å². The highest BCUT2D eigenvalue weighted by Crippen LogP contribution is 2.58. The molecule has 0 spiro atoms. The first-order chi connectivity index (χ1) is 10.9. The van der Waals surface area contributed by atoms with Gasteiger partial charge in [-0.05, 0) is 53.4 Å². The summed E-state index contributed by atoms with van der Waals surface area (Å²) in [6.07, 6.45) is 7.55. The molecule has 1 heterocycles. The number of hydrogen-bond acceptors (Lipinski definition) is 3. The molecular formula is C20H28O3. The standard InChI is InChI=1S/C20H28O3/c1-12(2)15-8-9-20-17(21)11-14(4)7-5-6-13(3)10-16(18(15)20)23-19(20)22/h6,11,16-18,21H,5,7-10H2,1-4H3/b13-6+,14-11+/t16-,17?,18-,20?/m0/s1. The molecule has 0 aromatic heterocycles. The Kier molecular flexibility index (Phi) is 4.26. The predicted octanol–water partition coefficient (Wildman–Crippen LogP) is 4.08. The van der Waals surface area contributed by atoms with E-state index in [1.54, 1.807) is 0 Å². The second-order valence-corrected chi connectivity index (χ2v) is 7.74. The zero-order valence-corrected chi connectivity index (χ0v) is 14.7. The summed E-state index contributed by atoms with van der Waals surface area (Å²) in [5.74, 6) is -0.186. The molecule has 4 atom stereocenters. The molecule has 1 saturated carbocycles. The minimum Gasteiger partial charge on any atom is -0.461 e. The van der Waals surface area contributed by atoms with E-state index in [4.69, 9.17) is 4.74 Å². The van der Waals surface area contributed by atoms with E-state index in [-0.39, 0.29) is 18.0 Å². The molecule has 2 aliphatic carbocycles. The second kappa shape index (κ2) is 5.94. The normalized spacial score (nSPS) is 42.0. The molecule has 3 aliphatic rings. The van der Waals surface area contributed by atoms with Crippen LogP contribution >= 0.6 is 0 Å². The molecule has 126 valence electrons. The highest BCUT2D eigenvalue weighted by atomic mass is 16.6. The van der Waals surface area contributed by atoms with Crippen molar-refractivity contribution in [1.29, 1.82) is 0 Å². The highest BCUT2D eigenvalue weighted by Gasteiger charge is 2.64. The molecule has 3 rings (SSSR count). The molecule has 23 heavy (non-hydrogen) atoms. The lowest BCUT2D eigenvalue weighted by Gasteiger charge is -2.30. The highest BCUT2D eigenvalue weighted by molar-refractivity contribution is 5.83. The van der Waals surface area contributed by atoms with E-state index < -0.39 is 11.5 Å². The Hall–Kier alpha value is -1.35. The van der Waals surface area contributed by atoms with Crippen LogP contribution in [0.4, 0.5) is 0 Å². The molecular weight excluding hydrogens is 288 g/mol. The fourth-order valence-electron chi connectivity index (χ4n) is 4.69. The maximum Gasteiger partial charge on any atom is 0.316 e. The third-order valence-electron chi connectivity index (χ3n) is 5.92. The molecule has 1 saturated heterocycles. The summed E-state index contributed by atoms with van der Waals surface area (Å²) < 4.78 is 5.81. The quantitative estimate of drug-likeness (QED) is 0.541. The van der Waals surface area contributed by atoms with Crippen molar-refractivity contribution in [1.82, 2.24) is 0 Å². The van der Waals surface area contributed by atoms with Crippen molar-refractivity contribution in [2.75, 3.05) is 0 Å². The summed E-state index contributed by atoms with van der Waals surface area (Å²) >= 11 is 0. The van der Waals surface area contributed by atoms with Gasteiger partial charge in [-0.2, -0.15) is 0 Å². The van der Waals surface area contributed by atoms with Crippen molar-refractivity contribution < 1.29 is 14.6 Å². The van der Waals surface area contributed by atoms with Crippen molar-refractivity contribution in [3.8, 4) is 0 Å². The fraction of sp³-hybridized carbons (Fsp3) is 0.650. The number of aliphatic hydroxyl groups excluding tert-OH is 1. The summed E-state index contributed by atoms with van der Waals surface area (Å²) in [6.45, 7) is 8.39. The van der Waals surface area contributed by atoms with Gasteiger partial charge in [0.25, 0.3) is 0 Å². The summed E-state index contributed by atoms with van der Waals surface area (Å²) in [4.78, 5) is 12.8. The Morgan fingerprint density at radius 1 is 1.26 bits per heavy atom. The van der Waals surface area contributed by atoms with Gasteiger partial charge in [0, 0.05) is 12.3 Å². The van der Waals surface area contributed by atoms with Gasteiger partial charge in [-0.25, -0.2) is 0 Å². The van der Waals surface area contributed by atoms with Crippen molar-refractivity contribution in [3.05, 3.63) is 34.4 Å². The zero-order valence-electron chi connectivity index (χ0n) is 14.7. The molecule has 2 fully saturated rings. The van der Waals surface area contributed by atoms with Crippen molar-refractivity contribution in [3.63, 3.8) is 0 Å². The van der Waals surface area contributed by atoms with Crippen LogP contribution in [0.25, 0.3) is 0 Å². The molecule has 1 N–H and O–H groups in total. The molecule has 2 unspecified atom stereocenters. The van der Waals surface area contributed by atoms with Crippen molar-refractivity contribution in [2.45, 2.75) is 72.0 Å². The smallest absolute Gasteiger partial charge is 0.316 e. The van der Waals surface area contributed by atoms with Gasteiger partial charge in [-0.3, -0.25) is 4.79 Å². The Balaban J connectivity index is 2.14. The Bertz CT molecular complexity index is 606. The first kappa shape index (κ1) is 16.5. The van der Waals surface area contributed by atoms with E-state index >= 15 is 0 Å². The SMILES string of the molecule is CC(C)=C1CCC23C(=O)O[C@@H](C/C(C)=C/CC/C(C)=C/C2O)[C@H]13. The third-order valence-corrected chi connectivity index (χ3v) is 5.92.